The zero-order valence-corrected chi connectivity index (χ0v) is 15.6. The van der Waals surface area contributed by atoms with Crippen molar-refractivity contribution >= 4 is 23.4 Å². The van der Waals surface area contributed by atoms with Crippen molar-refractivity contribution in [3.05, 3.63) is 24.3 Å². The van der Waals surface area contributed by atoms with E-state index in [-0.39, 0.29) is 12.1 Å². The number of urea groups is 2. The van der Waals surface area contributed by atoms with Crippen LogP contribution in [0.3, 0.4) is 0 Å². The maximum Gasteiger partial charge on any atom is 0.321 e. The largest absolute Gasteiger partial charge is 0.336 e. The number of amides is 4. The van der Waals surface area contributed by atoms with Crippen LogP contribution in [0.1, 0.15) is 26.7 Å². The predicted octanol–water partition coefficient (Wildman–Crippen LogP) is 2.46. The molecule has 0 aromatic heterocycles. The number of hydrogen-bond acceptors (Lipinski definition) is 3. The minimum Gasteiger partial charge on any atom is -0.336 e. The normalized spacial score (nSPS) is 22.0. The van der Waals surface area contributed by atoms with Crippen LogP contribution in [-0.4, -0.2) is 55.7 Å². The molecule has 2 saturated heterocycles. The van der Waals surface area contributed by atoms with Gasteiger partial charge in [0.05, 0.1) is 0 Å². The molecule has 0 bridgehead atoms. The van der Waals surface area contributed by atoms with Crippen LogP contribution < -0.4 is 20.9 Å². The van der Waals surface area contributed by atoms with E-state index in [4.69, 9.17) is 0 Å². The number of benzene rings is 1. The third-order valence-corrected chi connectivity index (χ3v) is 5.14. The lowest BCUT2D eigenvalue weighted by Crippen LogP contribution is -2.47. The molecule has 2 heterocycles. The van der Waals surface area contributed by atoms with Crippen molar-refractivity contribution < 1.29 is 9.59 Å². The standard InChI is InChI=1S/C19H29N5O2/c1-14-5-4-9-23(13-14)15(2)12-21-18(25)22-16-6-3-7-17(11-16)24-10-8-20-19(24)26/h3,6-7,11,14-15H,4-5,8-10,12-13H2,1-2H3,(H,20,26)(H2,21,22,25). The van der Waals surface area contributed by atoms with Crippen LogP contribution in [0, 0.1) is 5.92 Å². The highest BCUT2D eigenvalue weighted by atomic mass is 16.2. The third-order valence-electron chi connectivity index (χ3n) is 5.14. The third kappa shape index (κ3) is 4.66. The Morgan fingerprint density at radius 2 is 2.23 bits per heavy atom. The van der Waals surface area contributed by atoms with Crippen molar-refractivity contribution in [2.24, 2.45) is 5.92 Å². The number of nitrogens with one attached hydrogen (secondary N) is 3. The Morgan fingerprint density at radius 1 is 1.38 bits per heavy atom. The first kappa shape index (κ1) is 18.5. The summed E-state index contributed by atoms with van der Waals surface area (Å²) in [7, 11) is 0. The Morgan fingerprint density at radius 3 is 2.96 bits per heavy atom. The van der Waals surface area contributed by atoms with E-state index in [1.165, 1.54) is 12.8 Å². The van der Waals surface area contributed by atoms with Gasteiger partial charge in [-0.25, -0.2) is 9.59 Å². The summed E-state index contributed by atoms with van der Waals surface area (Å²) in [5, 5.41) is 8.59. The molecule has 142 valence electrons. The molecule has 0 aliphatic carbocycles. The molecule has 0 spiro atoms. The van der Waals surface area contributed by atoms with Crippen LogP contribution in [-0.2, 0) is 0 Å². The second kappa shape index (κ2) is 8.40. The minimum atomic E-state index is -0.218. The van der Waals surface area contributed by atoms with Gasteiger partial charge in [0.15, 0.2) is 0 Å². The van der Waals surface area contributed by atoms with Crippen molar-refractivity contribution in [3.63, 3.8) is 0 Å². The maximum absolute atomic E-state index is 12.2. The van der Waals surface area contributed by atoms with Gasteiger partial charge in [0, 0.05) is 43.6 Å². The van der Waals surface area contributed by atoms with Crippen LogP contribution in [0.4, 0.5) is 21.0 Å². The highest BCUT2D eigenvalue weighted by Crippen LogP contribution is 2.21. The fourth-order valence-corrected chi connectivity index (χ4v) is 3.64. The average molecular weight is 359 g/mol. The topological polar surface area (TPSA) is 76.7 Å². The summed E-state index contributed by atoms with van der Waals surface area (Å²) in [4.78, 5) is 28.1. The van der Waals surface area contributed by atoms with Gasteiger partial charge in [0.1, 0.15) is 0 Å². The number of hydrogen-bond donors (Lipinski definition) is 3. The van der Waals surface area contributed by atoms with Crippen LogP contribution in [0.25, 0.3) is 0 Å². The van der Waals surface area contributed by atoms with Crippen LogP contribution in [0.2, 0.25) is 0 Å². The number of piperidine rings is 1. The quantitative estimate of drug-likeness (QED) is 0.756. The summed E-state index contributed by atoms with van der Waals surface area (Å²) in [6.45, 7) is 8.55. The summed E-state index contributed by atoms with van der Waals surface area (Å²) in [5.74, 6) is 0.727. The van der Waals surface area contributed by atoms with E-state index in [1.807, 2.05) is 24.3 Å². The van der Waals surface area contributed by atoms with Crippen LogP contribution >= 0.6 is 0 Å². The monoisotopic (exact) mass is 359 g/mol. The van der Waals surface area contributed by atoms with Crippen molar-refractivity contribution in [1.29, 1.82) is 0 Å². The van der Waals surface area contributed by atoms with Gasteiger partial charge in [-0.2, -0.15) is 0 Å². The molecule has 2 aliphatic rings. The fourth-order valence-electron chi connectivity index (χ4n) is 3.64. The smallest absolute Gasteiger partial charge is 0.321 e. The van der Waals surface area contributed by atoms with E-state index in [1.54, 1.807) is 4.90 Å². The molecule has 0 radical (unpaired) electrons. The molecular formula is C19H29N5O2. The van der Waals surface area contributed by atoms with Crippen molar-refractivity contribution in [2.75, 3.05) is 42.9 Å². The molecule has 2 unspecified atom stereocenters. The van der Waals surface area contributed by atoms with E-state index >= 15 is 0 Å². The molecule has 0 saturated carbocycles. The molecule has 2 fully saturated rings. The van der Waals surface area contributed by atoms with Gasteiger partial charge in [-0.1, -0.05) is 13.0 Å². The van der Waals surface area contributed by atoms with Gasteiger partial charge in [-0.15, -0.1) is 0 Å². The lowest BCUT2D eigenvalue weighted by Gasteiger charge is -2.35. The molecule has 7 heteroatoms. The molecule has 1 aromatic carbocycles. The zero-order valence-electron chi connectivity index (χ0n) is 15.6. The summed E-state index contributed by atoms with van der Waals surface area (Å²) in [5.41, 5.74) is 1.47. The number of rotatable bonds is 5. The van der Waals surface area contributed by atoms with Crippen molar-refractivity contribution in [3.8, 4) is 0 Å². The Balaban J connectivity index is 1.49. The van der Waals surface area contributed by atoms with E-state index in [0.29, 0.717) is 31.4 Å². The predicted molar refractivity (Wildman–Crippen MR) is 104 cm³/mol. The number of carbonyl (C=O) groups excluding carboxylic acids is 2. The first-order valence-corrected chi connectivity index (χ1v) is 9.47. The summed E-state index contributed by atoms with van der Waals surface area (Å²) < 4.78 is 0. The number of anilines is 2. The molecule has 26 heavy (non-hydrogen) atoms. The van der Waals surface area contributed by atoms with Gasteiger partial charge in [0.2, 0.25) is 0 Å². The van der Waals surface area contributed by atoms with Gasteiger partial charge >= 0.3 is 12.1 Å². The molecule has 3 rings (SSSR count). The van der Waals surface area contributed by atoms with Crippen molar-refractivity contribution in [1.82, 2.24) is 15.5 Å². The van der Waals surface area contributed by atoms with E-state index in [0.717, 1.165) is 24.7 Å². The van der Waals surface area contributed by atoms with Gasteiger partial charge in [-0.3, -0.25) is 9.80 Å². The molecular weight excluding hydrogens is 330 g/mol. The van der Waals surface area contributed by atoms with E-state index < -0.39 is 0 Å². The molecule has 4 amide bonds. The first-order valence-electron chi connectivity index (χ1n) is 9.47. The Kier molecular flexibility index (Phi) is 5.98. The van der Waals surface area contributed by atoms with E-state index in [2.05, 4.69) is 34.7 Å². The van der Waals surface area contributed by atoms with Crippen LogP contribution in [0.15, 0.2) is 24.3 Å². The summed E-state index contributed by atoms with van der Waals surface area (Å²) in [6.07, 6.45) is 2.52. The highest BCUT2D eigenvalue weighted by Gasteiger charge is 2.22. The summed E-state index contributed by atoms with van der Waals surface area (Å²) in [6, 6.07) is 7.36. The van der Waals surface area contributed by atoms with Gasteiger partial charge < -0.3 is 16.0 Å². The second-order valence-electron chi connectivity index (χ2n) is 7.36. The molecule has 3 N–H and O–H groups in total. The Bertz CT molecular complexity index is 651. The van der Waals surface area contributed by atoms with Gasteiger partial charge in [-0.05, 0) is 50.4 Å². The van der Waals surface area contributed by atoms with E-state index in [9.17, 15) is 9.59 Å². The Labute approximate surface area is 155 Å². The second-order valence-corrected chi connectivity index (χ2v) is 7.36. The lowest BCUT2D eigenvalue weighted by molar-refractivity contribution is 0.138. The summed E-state index contributed by atoms with van der Waals surface area (Å²) >= 11 is 0. The number of likely N-dealkylation sites (tertiary alicyclic amines) is 1. The lowest BCUT2D eigenvalue weighted by atomic mass is 9.99. The molecule has 2 aliphatic heterocycles. The SMILES string of the molecule is CC1CCCN(C(C)CNC(=O)Nc2cccc(N3CCNC3=O)c2)C1. The average Bonchev–Trinajstić information content (AvgIpc) is 3.06. The Hall–Kier alpha value is -2.28. The van der Waals surface area contributed by atoms with Gasteiger partial charge in [0.25, 0.3) is 0 Å². The molecule has 7 nitrogen and oxygen atoms in total. The van der Waals surface area contributed by atoms with Crippen molar-refractivity contribution in [2.45, 2.75) is 32.7 Å². The molecule has 2 atom stereocenters. The maximum atomic E-state index is 12.2. The fraction of sp³-hybridized carbons (Fsp3) is 0.579. The first-order chi connectivity index (χ1) is 12.5. The number of nitrogens with zero attached hydrogens (tertiary/aromatic N) is 2. The zero-order chi connectivity index (χ0) is 18.5. The van der Waals surface area contributed by atoms with Crippen LogP contribution in [0.5, 0.6) is 0 Å². The number of carbonyl (C=O) groups is 2. The molecule has 1 aromatic rings. The minimum absolute atomic E-state index is 0.101. The highest BCUT2D eigenvalue weighted by molar-refractivity contribution is 5.95.